The number of hydrogen-bond acceptors (Lipinski definition) is 4. The van der Waals surface area contributed by atoms with Crippen molar-refractivity contribution >= 4 is 6.21 Å². The summed E-state index contributed by atoms with van der Waals surface area (Å²) in [5, 5.41) is 28.9. The van der Waals surface area contributed by atoms with Gasteiger partial charge in [-0.15, -0.1) is 0 Å². The van der Waals surface area contributed by atoms with Crippen molar-refractivity contribution in [3.8, 4) is 11.5 Å². The van der Waals surface area contributed by atoms with Crippen LogP contribution in [0.1, 0.15) is 17.4 Å². The van der Waals surface area contributed by atoms with Gasteiger partial charge in [0.25, 0.3) is 0 Å². The Hall–Kier alpha value is -2.33. The normalized spacial score (nSPS) is 12.7. The summed E-state index contributed by atoms with van der Waals surface area (Å²) in [5.74, 6) is 0.0742. The quantitative estimate of drug-likeness (QED) is 0.723. The fraction of sp³-hybridized carbons (Fsp3) is 0.0714. The summed E-state index contributed by atoms with van der Waals surface area (Å²) < 4.78 is 0. The van der Waals surface area contributed by atoms with E-state index in [4.69, 9.17) is 0 Å². The highest BCUT2D eigenvalue weighted by molar-refractivity contribution is 5.83. The number of hydrogen-bond donors (Lipinski definition) is 3. The molecule has 4 heteroatoms. The van der Waals surface area contributed by atoms with Gasteiger partial charge < -0.3 is 15.3 Å². The number of aromatic hydroxyl groups is 2. The lowest BCUT2D eigenvalue weighted by Gasteiger charge is -2.07. The summed E-state index contributed by atoms with van der Waals surface area (Å²) in [4.78, 5) is 3.90. The molecule has 0 aliphatic rings. The largest absolute Gasteiger partial charge is 0.507 e. The van der Waals surface area contributed by atoms with E-state index in [1.54, 1.807) is 36.4 Å². The molecule has 0 aromatic heterocycles. The van der Waals surface area contributed by atoms with Crippen LogP contribution in [0.2, 0.25) is 0 Å². The summed E-state index contributed by atoms with van der Waals surface area (Å²) >= 11 is 0. The molecule has 0 saturated heterocycles. The second-order valence-electron chi connectivity index (χ2n) is 3.77. The Kier molecular flexibility index (Phi) is 3.60. The first-order chi connectivity index (χ1) is 8.68. The lowest BCUT2D eigenvalue weighted by Crippen LogP contribution is -1.95. The summed E-state index contributed by atoms with van der Waals surface area (Å²) in [6, 6.07) is 13.1. The van der Waals surface area contributed by atoms with Crippen molar-refractivity contribution < 1.29 is 15.3 Å². The summed E-state index contributed by atoms with van der Waals surface area (Å²) in [6.07, 6.45) is 0.206. The maximum absolute atomic E-state index is 9.81. The number of aliphatic hydroxyl groups excluding tert-OH is 1. The highest BCUT2D eigenvalue weighted by Gasteiger charge is 2.09. The number of benzene rings is 2. The standard InChI is InChI=1S/C14H13NO3/c16-12-7-3-1-5-10(12)9-15-14(18)11-6-2-4-8-13(11)17/h1-9,14,16-18H. The van der Waals surface area contributed by atoms with Gasteiger partial charge in [0.05, 0.1) is 0 Å². The molecule has 3 N–H and O–H groups in total. The van der Waals surface area contributed by atoms with Crippen molar-refractivity contribution in [2.45, 2.75) is 6.23 Å². The van der Waals surface area contributed by atoms with E-state index >= 15 is 0 Å². The van der Waals surface area contributed by atoms with Crippen molar-refractivity contribution in [1.82, 2.24) is 0 Å². The molecular formula is C14H13NO3. The van der Waals surface area contributed by atoms with E-state index in [0.29, 0.717) is 11.1 Å². The lowest BCUT2D eigenvalue weighted by molar-refractivity contribution is 0.185. The number of nitrogens with zero attached hydrogens (tertiary/aromatic N) is 1. The Morgan fingerprint density at radius 1 is 0.889 bits per heavy atom. The van der Waals surface area contributed by atoms with Gasteiger partial charge in [0.1, 0.15) is 11.5 Å². The molecule has 0 saturated carbocycles. The van der Waals surface area contributed by atoms with Crippen LogP contribution >= 0.6 is 0 Å². The maximum atomic E-state index is 9.81. The van der Waals surface area contributed by atoms with Gasteiger partial charge in [0, 0.05) is 17.3 Å². The smallest absolute Gasteiger partial charge is 0.174 e. The Morgan fingerprint density at radius 2 is 1.50 bits per heavy atom. The van der Waals surface area contributed by atoms with Gasteiger partial charge in [-0.1, -0.05) is 30.3 Å². The monoisotopic (exact) mass is 243 g/mol. The molecule has 1 unspecified atom stereocenters. The van der Waals surface area contributed by atoms with Crippen LogP contribution in [0.15, 0.2) is 53.5 Å². The van der Waals surface area contributed by atoms with E-state index in [0.717, 1.165) is 0 Å². The first-order valence-electron chi connectivity index (χ1n) is 5.45. The molecule has 0 aliphatic carbocycles. The van der Waals surface area contributed by atoms with Crippen molar-refractivity contribution in [3.63, 3.8) is 0 Å². The minimum atomic E-state index is -1.16. The highest BCUT2D eigenvalue weighted by atomic mass is 16.3. The van der Waals surface area contributed by atoms with E-state index in [9.17, 15) is 15.3 Å². The molecule has 0 aliphatic heterocycles. The third-order valence-corrected chi connectivity index (χ3v) is 2.51. The zero-order valence-electron chi connectivity index (χ0n) is 9.56. The summed E-state index contributed by atoms with van der Waals surface area (Å²) in [5.41, 5.74) is 0.830. The molecule has 0 heterocycles. The van der Waals surface area contributed by atoms with Crippen LogP contribution in [0.5, 0.6) is 11.5 Å². The van der Waals surface area contributed by atoms with Crippen LogP contribution in [0, 0.1) is 0 Å². The molecule has 2 aromatic carbocycles. The molecule has 0 amide bonds. The minimum absolute atomic E-state index is 0.0144. The number of phenols is 2. The van der Waals surface area contributed by atoms with Crippen molar-refractivity contribution in [2.24, 2.45) is 4.99 Å². The van der Waals surface area contributed by atoms with Crippen molar-refractivity contribution in [3.05, 3.63) is 59.7 Å². The lowest BCUT2D eigenvalue weighted by atomic mass is 10.1. The Balaban J connectivity index is 2.20. The Bertz CT molecular complexity index is 566. The molecule has 0 bridgehead atoms. The third-order valence-electron chi connectivity index (χ3n) is 2.51. The van der Waals surface area contributed by atoms with Gasteiger partial charge in [-0.05, 0) is 18.2 Å². The minimum Gasteiger partial charge on any atom is -0.507 e. The first kappa shape index (κ1) is 12.1. The van der Waals surface area contributed by atoms with Crippen LogP contribution in [0.4, 0.5) is 0 Å². The fourth-order valence-corrected chi connectivity index (χ4v) is 1.53. The molecule has 0 spiro atoms. The van der Waals surface area contributed by atoms with Crippen LogP contribution in [-0.4, -0.2) is 21.5 Å². The van der Waals surface area contributed by atoms with Gasteiger partial charge in [-0.3, -0.25) is 4.99 Å². The summed E-state index contributed by atoms with van der Waals surface area (Å²) in [6.45, 7) is 0. The van der Waals surface area contributed by atoms with E-state index in [1.807, 2.05) is 0 Å². The van der Waals surface area contributed by atoms with Gasteiger partial charge in [-0.25, -0.2) is 0 Å². The molecule has 92 valence electrons. The topological polar surface area (TPSA) is 73.1 Å². The molecular weight excluding hydrogens is 230 g/mol. The summed E-state index contributed by atoms with van der Waals surface area (Å²) in [7, 11) is 0. The number of para-hydroxylation sites is 2. The third kappa shape index (κ3) is 2.67. The number of phenolic OH excluding ortho intramolecular Hbond substituents is 2. The number of aliphatic imine (C=N–C) groups is 1. The zero-order chi connectivity index (χ0) is 13.0. The van der Waals surface area contributed by atoms with E-state index in [1.165, 1.54) is 18.3 Å². The fourth-order valence-electron chi connectivity index (χ4n) is 1.53. The first-order valence-corrected chi connectivity index (χ1v) is 5.45. The van der Waals surface area contributed by atoms with Gasteiger partial charge in [-0.2, -0.15) is 0 Å². The number of rotatable bonds is 3. The highest BCUT2D eigenvalue weighted by Crippen LogP contribution is 2.24. The SMILES string of the molecule is Oc1ccccc1C=NC(O)c1ccccc1O. The van der Waals surface area contributed by atoms with Gasteiger partial charge in [0.15, 0.2) is 6.23 Å². The van der Waals surface area contributed by atoms with Gasteiger partial charge in [0.2, 0.25) is 0 Å². The molecule has 1 atom stereocenters. The van der Waals surface area contributed by atoms with Crippen molar-refractivity contribution in [1.29, 1.82) is 0 Å². The molecule has 2 aromatic rings. The molecule has 2 rings (SSSR count). The molecule has 0 fully saturated rings. The van der Waals surface area contributed by atoms with Crippen LogP contribution in [0.25, 0.3) is 0 Å². The molecule has 0 radical (unpaired) electrons. The second-order valence-corrected chi connectivity index (χ2v) is 3.77. The number of aliphatic hydroxyl groups is 1. The maximum Gasteiger partial charge on any atom is 0.174 e. The van der Waals surface area contributed by atoms with Crippen LogP contribution in [0.3, 0.4) is 0 Å². The van der Waals surface area contributed by atoms with E-state index < -0.39 is 6.23 Å². The van der Waals surface area contributed by atoms with Gasteiger partial charge >= 0.3 is 0 Å². The molecule has 4 nitrogen and oxygen atoms in total. The van der Waals surface area contributed by atoms with Crippen LogP contribution < -0.4 is 0 Å². The average molecular weight is 243 g/mol. The average Bonchev–Trinajstić information content (AvgIpc) is 2.38. The van der Waals surface area contributed by atoms with E-state index in [2.05, 4.69) is 4.99 Å². The predicted octanol–water partition coefficient (Wildman–Crippen LogP) is 2.21. The Labute approximate surface area is 104 Å². The zero-order valence-corrected chi connectivity index (χ0v) is 9.56. The van der Waals surface area contributed by atoms with Crippen LogP contribution in [-0.2, 0) is 0 Å². The Morgan fingerprint density at radius 3 is 2.17 bits per heavy atom. The van der Waals surface area contributed by atoms with E-state index in [-0.39, 0.29) is 11.5 Å². The van der Waals surface area contributed by atoms with Crippen molar-refractivity contribution in [2.75, 3.05) is 0 Å². The predicted molar refractivity (Wildman–Crippen MR) is 68.8 cm³/mol. The molecule has 18 heavy (non-hydrogen) atoms. The second kappa shape index (κ2) is 5.33.